The van der Waals surface area contributed by atoms with E-state index in [4.69, 9.17) is 0 Å². The highest BCUT2D eigenvalue weighted by molar-refractivity contribution is 5.65. The Bertz CT molecular complexity index is 917. The van der Waals surface area contributed by atoms with Crippen LogP contribution in [-0.4, -0.2) is 22.2 Å². The van der Waals surface area contributed by atoms with E-state index in [1.54, 1.807) is 0 Å². The van der Waals surface area contributed by atoms with Crippen molar-refractivity contribution < 1.29 is 0 Å². The zero-order valence-corrected chi connectivity index (χ0v) is 21.6. The van der Waals surface area contributed by atoms with Crippen molar-refractivity contribution in [3.05, 3.63) is 59.7 Å². The summed E-state index contributed by atoms with van der Waals surface area (Å²) in [5.41, 5.74) is 6.32. The van der Waals surface area contributed by atoms with Crippen LogP contribution >= 0.6 is 0 Å². The average molecular weight is 433 g/mol. The van der Waals surface area contributed by atoms with Crippen molar-refractivity contribution in [1.29, 1.82) is 0 Å². The molecule has 0 radical (unpaired) electrons. The Morgan fingerprint density at radius 2 is 0.969 bits per heavy atom. The van der Waals surface area contributed by atoms with Crippen LogP contribution in [0.2, 0.25) is 0 Å². The zero-order valence-electron chi connectivity index (χ0n) is 21.6. The van der Waals surface area contributed by atoms with Crippen molar-refractivity contribution in [3.63, 3.8) is 0 Å². The van der Waals surface area contributed by atoms with E-state index < -0.39 is 0 Å². The predicted octanol–water partition coefficient (Wildman–Crippen LogP) is 7.40. The maximum absolute atomic E-state index is 3.82. The highest BCUT2D eigenvalue weighted by Gasteiger charge is 2.39. The number of hydrogen-bond donors (Lipinski definition) is 2. The molecule has 0 aromatic heterocycles. The van der Waals surface area contributed by atoms with Crippen LogP contribution in [0.25, 0.3) is 11.1 Å². The Morgan fingerprint density at radius 3 is 1.44 bits per heavy atom. The Morgan fingerprint density at radius 1 is 0.531 bits per heavy atom. The van der Waals surface area contributed by atoms with Crippen molar-refractivity contribution in [2.75, 3.05) is 0 Å². The molecule has 2 fully saturated rings. The summed E-state index contributed by atoms with van der Waals surface area (Å²) in [6, 6.07) is 18.7. The van der Waals surface area contributed by atoms with E-state index in [1.165, 1.54) is 47.9 Å². The van der Waals surface area contributed by atoms with Gasteiger partial charge in [-0.3, -0.25) is 0 Å². The third kappa shape index (κ3) is 5.46. The van der Waals surface area contributed by atoms with Crippen LogP contribution in [0.3, 0.4) is 0 Å². The first-order valence-corrected chi connectivity index (χ1v) is 12.5. The van der Waals surface area contributed by atoms with E-state index in [9.17, 15) is 0 Å². The number of nitrogens with one attached hydrogen (secondary N) is 2. The second kappa shape index (κ2) is 7.99. The third-order valence-corrected chi connectivity index (χ3v) is 7.45. The lowest BCUT2D eigenvalue weighted by molar-refractivity contribution is 0.161. The van der Waals surface area contributed by atoms with Gasteiger partial charge in [0.1, 0.15) is 0 Å². The topological polar surface area (TPSA) is 24.1 Å². The third-order valence-electron chi connectivity index (χ3n) is 7.45. The molecule has 32 heavy (non-hydrogen) atoms. The molecule has 2 heteroatoms. The number of rotatable bonds is 3. The van der Waals surface area contributed by atoms with Gasteiger partial charge in [-0.05, 0) is 115 Å². The molecule has 174 valence electrons. The molecule has 0 atom stereocenters. The average Bonchev–Trinajstić information content (AvgIpc) is 2.63. The van der Waals surface area contributed by atoms with Gasteiger partial charge in [-0.2, -0.15) is 0 Å². The maximum atomic E-state index is 3.82. The Balaban J connectivity index is 1.55. The molecule has 2 saturated heterocycles. The summed E-state index contributed by atoms with van der Waals surface area (Å²) in [6.07, 6.45) is 4.74. The lowest BCUT2D eigenvalue weighted by Crippen LogP contribution is -2.57. The molecule has 0 unspecified atom stereocenters. The van der Waals surface area contributed by atoms with Gasteiger partial charge < -0.3 is 10.6 Å². The molecule has 2 nitrogen and oxygen atoms in total. The smallest absolute Gasteiger partial charge is 0.0135 e. The summed E-state index contributed by atoms with van der Waals surface area (Å²) in [7, 11) is 0. The van der Waals surface area contributed by atoms with E-state index in [0.717, 1.165) is 0 Å². The molecular weight excluding hydrogens is 388 g/mol. The number of hydrogen-bond acceptors (Lipinski definition) is 2. The molecule has 2 aromatic carbocycles. The van der Waals surface area contributed by atoms with Gasteiger partial charge in [0.15, 0.2) is 0 Å². The molecule has 0 saturated carbocycles. The van der Waals surface area contributed by atoms with Crippen molar-refractivity contribution >= 4 is 0 Å². The Labute approximate surface area is 196 Å². The fourth-order valence-electron chi connectivity index (χ4n) is 7.04. The van der Waals surface area contributed by atoms with E-state index in [-0.39, 0.29) is 22.2 Å². The molecule has 2 N–H and O–H groups in total. The highest BCUT2D eigenvalue weighted by atomic mass is 15.1. The predicted molar refractivity (Wildman–Crippen MR) is 138 cm³/mol. The van der Waals surface area contributed by atoms with E-state index in [1.807, 2.05) is 0 Å². The van der Waals surface area contributed by atoms with Crippen LogP contribution in [-0.2, 0) is 0 Å². The Hall–Kier alpha value is -1.64. The summed E-state index contributed by atoms with van der Waals surface area (Å²) >= 11 is 0. The molecular formula is C30H44N2. The van der Waals surface area contributed by atoms with Gasteiger partial charge in [-0.15, -0.1) is 0 Å². The lowest BCUT2D eigenvalue weighted by atomic mass is 9.72. The van der Waals surface area contributed by atoms with E-state index in [0.29, 0.717) is 11.8 Å². The molecule has 0 bridgehead atoms. The number of benzene rings is 2. The number of piperidine rings is 2. The summed E-state index contributed by atoms with van der Waals surface area (Å²) < 4.78 is 0. The minimum absolute atomic E-state index is 0.167. The second-order valence-electron chi connectivity index (χ2n) is 13.2. The van der Waals surface area contributed by atoms with Crippen molar-refractivity contribution in [2.45, 2.75) is 115 Å². The SMILES string of the molecule is CC1(C)CC(c2ccc(-c3cccc(C4CC(C)(C)NC(C)(C)C4)c3)cc2)CC(C)(C)N1. The summed E-state index contributed by atoms with van der Waals surface area (Å²) in [4.78, 5) is 0. The van der Waals surface area contributed by atoms with Crippen LogP contribution in [0.5, 0.6) is 0 Å². The largest absolute Gasteiger partial charge is 0.307 e. The molecule has 2 aliphatic heterocycles. The van der Waals surface area contributed by atoms with Crippen molar-refractivity contribution in [3.8, 4) is 11.1 Å². The van der Waals surface area contributed by atoms with Gasteiger partial charge in [0.25, 0.3) is 0 Å². The first-order valence-electron chi connectivity index (χ1n) is 12.5. The maximum Gasteiger partial charge on any atom is 0.0135 e. The fourth-order valence-corrected chi connectivity index (χ4v) is 7.04. The Kier molecular flexibility index (Phi) is 5.87. The van der Waals surface area contributed by atoms with E-state index in [2.05, 4.69) is 115 Å². The highest BCUT2D eigenvalue weighted by Crippen LogP contribution is 2.41. The van der Waals surface area contributed by atoms with Gasteiger partial charge in [0, 0.05) is 22.2 Å². The minimum atomic E-state index is 0.167. The molecule has 0 aliphatic carbocycles. The lowest BCUT2D eigenvalue weighted by Gasteiger charge is -2.46. The standard InChI is InChI=1S/C30H44N2/c1-27(2)17-25(18-28(3,4)31-27)22-14-12-21(13-15-22)23-10-9-11-24(16-23)26-19-29(5,6)32-30(7,8)20-26/h9-16,25-26,31-32H,17-20H2,1-8H3. The summed E-state index contributed by atoms with van der Waals surface area (Å²) in [6.45, 7) is 18.7. The molecule has 0 spiro atoms. The first kappa shape index (κ1) is 23.5. The minimum Gasteiger partial charge on any atom is -0.307 e. The molecule has 0 amide bonds. The second-order valence-corrected chi connectivity index (χ2v) is 13.2. The summed E-state index contributed by atoms with van der Waals surface area (Å²) in [5.74, 6) is 1.21. The van der Waals surface area contributed by atoms with Crippen LogP contribution in [0, 0.1) is 0 Å². The first-order chi connectivity index (χ1) is 14.7. The fraction of sp³-hybridized carbons (Fsp3) is 0.600. The van der Waals surface area contributed by atoms with Gasteiger partial charge in [-0.25, -0.2) is 0 Å². The van der Waals surface area contributed by atoms with Crippen LogP contribution in [0.1, 0.15) is 104 Å². The van der Waals surface area contributed by atoms with Gasteiger partial charge >= 0.3 is 0 Å². The normalized spacial score (nSPS) is 24.9. The van der Waals surface area contributed by atoms with Crippen LogP contribution < -0.4 is 10.6 Å². The van der Waals surface area contributed by atoms with Crippen molar-refractivity contribution in [1.82, 2.24) is 10.6 Å². The van der Waals surface area contributed by atoms with E-state index >= 15 is 0 Å². The van der Waals surface area contributed by atoms with Gasteiger partial charge in [0.05, 0.1) is 0 Å². The van der Waals surface area contributed by atoms with Crippen LogP contribution in [0.15, 0.2) is 48.5 Å². The zero-order chi connectivity index (χ0) is 23.4. The molecule has 2 heterocycles. The quantitative estimate of drug-likeness (QED) is 0.528. The monoisotopic (exact) mass is 432 g/mol. The summed E-state index contributed by atoms with van der Waals surface area (Å²) in [5, 5.41) is 7.64. The molecule has 4 rings (SSSR count). The van der Waals surface area contributed by atoms with Gasteiger partial charge in [-0.1, -0.05) is 48.5 Å². The van der Waals surface area contributed by atoms with Gasteiger partial charge in [0.2, 0.25) is 0 Å². The van der Waals surface area contributed by atoms with Crippen molar-refractivity contribution in [2.24, 2.45) is 0 Å². The molecule has 2 aromatic rings. The van der Waals surface area contributed by atoms with Crippen LogP contribution in [0.4, 0.5) is 0 Å². The molecule has 2 aliphatic rings.